The van der Waals surface area contributed by atoms with Crippen molar-refractivity contribution in [3.05, 3.63) is 17.7 Å². The van der Waals surface area contributed by atoms with E-state index in [9.17, 15) is 9.59 Å². The molecule has 0 heterocycles. The molecular formula is C16H23NO6. The molecule has 0 aliphatic rings. The maximum absolute atomic E-state index is 11.8. The first-order valence-corrected chi connectivity index (χ1v) is 7.21. The van der Waals surface area contributed by atoms with Crippen LogP contribution in [0, 0.1) is 5.92 Å². The van der Waals surface area contributed by atoms with Crippen LogP contribution in [0.5, 0.6) is 17.2 Å². The predicted molar refractivity (Wildman–Crippen MR) is 84.2 cm³/mol. The highest BCUT2D eigenvalue weighted by Gasteiger charge is 2.17. The molecule has 0 aliphatic carbocycles. The summed E-state index contributed by atoms with van der Waals surface area (Å²) in [4.78, 5) is 22.5. The normalized spacial score (nSPS) is 11.5. The first-order valence-electron chi connectivity index (χ1n) is 7.21. The summed E-state index contributed by atoms with van der Waals surface area (Å²) in [7, 11) is 4.58. The van der Waals surface area contributed by atoms with E-state index in [1.807, 2.05) is 6.07 Å². The first-order chi connectivity index (χ1) is 10.9. The van der Waals surface area contributed by atoms with Gasteiger partial charge in [-0.25, -0.2) is 0 Å². The smallest absolute Gasteiger partial charge is 0.308 e. The van der Waals surface area contributed by atoms with Gasteiger partial charge in [-0.1, -0.05) is 13.0 Å². The number of amides is 1. The molecule has 1 rings (SSSR count). The van der Waals surface area contributed by atoms with E-state index in [4.69, 9.17) is 19.3 Å². The van der Waals surface area contributed by atoms with Crippen molar-refractivity contribution >= 4 is 11.9 Å². The Labute approximate surface area is 135 Å². The number of carboxylic acids is 1. The molecule has 23 heavy (non-hydrogen) atoms. The van der Waals surface area contributed by atoms with Crippen molar-refractivity contribution in [3.8, 4) is 17.2 Å². The summed E-state index contributed by atoms with van der Waals surface area (Å²) >= 11 is 0. The van der Waals surface area contributed by atoms with E-state index in [2.05, 4.69) is 5.32 Å². The fourth-order valence-electron chi connectivity index (χ4n) is 2.05. The number of hydrogen-bond donors (Lipinski definition) is 2. The maximum Gasteiger partial charge on any atom is 0.308 e. The van der Waals surface area contributed by atoms with Crippen LogP contribution in [0.2, 0.25) is 0 Å². The highest BCUT2D eigenvalue weighted by atomic mass is 16.5. The minimum absolute atomic E-state index is 0.108. The van der Waals surface area contributed by atoms with Gasteiger partial charge in [-0.2, -0.15) is 0 Å². The van der Waals surface area contributed by atoms with E-state index in [0.29, 0.717) is 23.7 Å². The largest absolute Gasteiger partial charge is 0.493 e. The molecule has 0 radical (unpaired) electrons. The summed E-state index contributed by atoms with van der Waals surface area (Å²) in [6.07, 6.45) is 0.662. The monoisotopic (exact) mass is 325 g/mol. The van der Waals surface area contributed by atoms with Gasteiger partial charge in [0, 0.05) is 13.0 Å². The van der Waals surface area contributed by atoms with Crippen molar-refractivity contribution in [3.63, 3.8) is 0 Å². The van der Waals surface area contributed by atoms with E-state index in [0.717, 1.165) is 5.56 Å². The van der Waals surface area contributed by atoms with Crippen molar-refractivity contribution in [1.82, 2.24) is 5.32 Å². The van der Waals surface area contributed by atoms with E-state index < -0.39 is 11.9 Å². The number of aryl methyl sites for hydroxylation is 1. The number of benzene rings is 1. The Balaban J connectivity index is 2.70. The molecular weight excluding hydrogens is 302 g/mol. The fraction of sp³-hybridized carbons (Fsp3) is 0.500. The summed E-state index contributed by atoms with van der Waals surface area (Å²) in [5.41, 5.74) is 0.812. The van der Waals surface area contributed by atoms with E-state index >= 15 is 0 Å². The van der Waals surface area contributed by atoms with Crippen LogP contribution in [-0.4, -0.2) is 44.9 Å². The molecule has 7 nitrogen and oxygen atoms in total. The molecule has 1 unspecified atom stereocenters. The second-order valence-corrected chi connectivity index (χ2v) is 5.04. The summed E-state index contributed by atoms with van der Waals surface area (Å²) in [6.45, 7) is 1.65. The number of rotatable bonds is 9. The van der Waals surface area contributed by atoms with Crippen molar-refractivity contribution in [2.24, 2.45) is 5.92 Å². The number of hydrogen-bond acceptors (Lipinski definition) is 5. The predicted octanol–water partition coefficient (Wildman–Crippen LogP) is 1.48. The SMILES string of the molecule is COc1ccc(CCC(=O)NCC(C)C(=O)O)c(OC)c1OC. The van der Waals surface area contributed by atoms with Gasteiger partial charge in [0.15, 0.2) is 11.5 Å². The second-order valence-electron chi connectivity index (χ2n) is 5.04. The van der Waals surface area contributed by atoms with Crippen LogP contribution in [0.25, 0.3) is 0 Å². The maximum atomic E-state index is 11.8. The van der Waals surface area contributed by atoms with Crippen molar-refractivity contribution in [2.75, 3.05) is 27.9 Å². The topological polar surface area (TPSA) is 94.1 Å². The second kappa shape index (κ2) is 8.87. The van der Waals surface area contributed by atoms with Gasteiger partial charge in [0.05, 0.1) is 27.2 Å². The van der Waals surface area contributed by atoms with Gasteiger partial charge in [0.1, 0.15) is 0 Å². The van der Waals surface area contributed by atoms with Crippen molar-refractivity contribution < 1.29 is 28.9 Å². The Morgan fingerprint density at radius 2 is 1.78 bits per heavy atom. The number of carbonyl (C=O) groups excluding carboxylic acids is 1. The summed E-state index contributed by atoms with van der Waals surface area (Å²) in [5.74, 6) is -0.213. The zero-order valence-electron chi connectivity index (χ0n) is 13.8. The van der Waals surface area contributed by atoms with Crippen LogP contribution in [0.1, 0.15) is 18.9 Å². The third-order valence-corrected chi connectivity index (χ3v) is 3.43. The molecule has 1 aromatic carbocycles. The zero-order chi connectivity index (χ0) is 17.4. The number of ether oxygens (including phenoxy) is 3. The fourth-order valence-corrected chi connectivity index (χ4v) is 2.05. The number of carbonyl (C=O) groups is 2. The van der Waals surface area contributed by atoms with Gasteiger partial charge in [0.2, 0.25) is 11.7 Å². The minimum atomic E-state index is -0.938. The molecule has 7 heteroatoms. The van der Waals surface area contributed by atoms with Crippen LogP contribution in [-0.2, 0) is 16.0 Å². The number of nitrogens with one attached hydrogen (secondary N) is 1. The molecule has 0 aliphatic heterocycles. The Morgan fingerprint density at radius 1 is 1.13 bits per heavy atom. The van der Waals surface area contributed by atoms with E-state index in [1.165, 1.54) is 21.3 Å². The van der Waals surface area contributed by atoms with Gasteiger partial charge in [-0.15, -0.1) is 0 Å². The molecule has 0 saturated heterocycles. The lowest BCUT2D eigenvalue weighted by molar-refractivity contribution is -0.141. The highest BCUT2D eigenvalue weighted by Crippen LogP contribution is 2.40. The minimum Gasteiger partial charge on any atom is -0.493 e. The average molecular weight is 325 g/mol. The third-order valence-electron chi connectivity index (χ3n) is 3.43. The quantitative estimate of drug-likeness (QED) is 0.714. The summed E-state index contributed by atoms with van der Waals surface area (Å²) in [6, 6.07) is 3.56. The molecule has 0 fully saturated rings. The molecule has 2 N–H and O–H groups in total. The van der Waals surface area contributed by atoms with Crippen molar-refractivity contribution in [1.29, 1.82) is 0 Å². The van der Waals surface area contributed by atoms with Gasteiger partial charge in [-0.05, 0) is 18.1 Å². The lowest BCUT2D eigenvalue weighted by Crippen LogP contribution is -2.31. The van der Waals surface area contributed by atoms with Gasteiger partial charge in [0.25, 0.3) is 0 Å². The molecule has 0 spiro atoms. The number of carboxylic acid groups (broad SMARTS) is 1. The molecule has 1 atom stereocenters. The average Bonchev–Trinajstić information content (AvgIpc) is 2.56. The Hall–Kier alpha value is -2.44. The van der Waals surface area contributed by atoms with Crippen LogP contribution in [0.15, 0.2) is 12.1 Å². The van der Waals surface area contributed by atoms with E-state index in [-0.39, 0.29) is 18.9 Å². The molecule has 0 aromatic heterocycles. The lowest BCUT2D eigenvalue weighted by atomic mass is 10.1. The molecule has 1 amide bonds. The van der Waals surface area contributed by atoms with Gasteiger partial charge >= 0.3 is 5.97 Å². The van der Waals surface area contributed by atoms with Crippen LogP contribution >= 0.6 is 0 Å². The highest BCUT2D eigenvalue weighted by molar-refractivity contribution is 5.77. The lowest BCUT2D eigenvalue weighted by Gasteiger charge is -2.15. The number of methoxy groups -OCH3 is 3. The number of aliphatic carboxylic acids is 1. The van der Waals surface area contributed by atoms with E-state index in [1.54, 1.807) is 13.0 Å². The summed E-state index contributed by atoms with van der Waals surface area (Å²) < 4.78 is 15.9. The molecule has 128 valence electrons. The Kier molecular flexibility index (Phi) is 7.18. The van der Waals surface area contributed by atoms with Gasteiger partial charge < -0.3 is 24.6 Å². The van der Waals surface area contributed by atoms with Crippen LogP contribution < -0.4 is 19.5 Å². The Morgan fingerprint density at radius 3 is 2.30 bits per heavy atom. The van der Waals surface area contributed by atoms with Crippen LogP contribution in [0.3, 0.4) is 0 Å². The molecule has 0 bridgehead atoms. The van der Waals surface area contributed by atoms with Crippen LogP contribution in [0.4, 0.5) is 0 Å². The molecule has 0 saturated carbocycles. The first kappa shape index (κ1) is 18.6. The Bertz CT molecular complexity index is 558. The molecule has 1 aromatic rings. The zero-order valence-corrected chi connectivity index (χ0v) is 13.8. The van der Waals surface area contributed by atoms with Gasteiger partial charge in [-0.3, -0.25) is 9.59 Å². The standard InChI is InChI=1S/C16H23NO6/c1-10(16(19)20)9-17-13(18)8-6-11-5-7-12(21-2)15(23-4)14(11)22-3/h5,7,10H,6,8-9H2,1-4H3,(H,17,18)(H,19,20). The van der Waals surface area contributed by atoms with Crippen molar-refractivity contribution in [2.45, 2.75) is 19.8 Å². The third kappa shape index (κ3) is 5.05. The summed E-state index contributed by atoms with van der Waals surface area (Å²) in [5, 5.41) is 11.4.